The van der Waals surface area contributed by atoms with Gasteiger partial charge >= 0.3 is 0 Å². The van der Waals surface area contributed by atoms with Crippen molar-refractivity contribution >= 4 is 5.91 Å². The minimum Gasteiger partial charge on any atom is -0.393 e. The molecule has 0 aromatic rings. The first kappa shape index (κ1) is 33.2. The maximum Gasteiger partial charge on any atom is 0.223 e. The number of carbonyl (C=O) groups excluding carboxylic acids is 1. The molecule has 238 valence electrons. The highest BCUT2D eigenvalue weighted by atomic mass is 16.3. The van der Waals surface area contributed by atoms with Crippen LogP contribution in [-0.4, -0.2) is 43.3 Å². The fraction of sp³-hybridized carbons (Fsp3) is 0.972. The van der Waals surface area contributed by atoms with Crippen molar-refractivity contribution in [3.8, 4) is 0 Å². The van der Waals surface area contributed by atoms with Gasteiger partial charge in [-0.2, -0.15) is 0 Å². The van der Waals surface area contributed by atoms with Crippen LogP contribution in [0, 0.1) is 57.7 Å². The van der Waals surface area contributed by atoms with E-state index in [9.17, 15) is 9.90 Å². The van der Waals surface area contributed by atoms with E-state index < -0.39 is 0 Å². The van der Waals surface area contributed by atoms with Gasteiger partial charge in [0.1, 0.15) is 0 Å². The van der Waals surface area contributed by atoms with Crippen molar-refractivity contribution in [2.45, 2.75) is 138 Å². The van der Waals surface area contributed by atoms with Gasteiger partial charge in [0, 0.05) is 12.5 Å². The van der Waals surface area contributed by atoms with E-state index in [-0.39, 0.29) is 12.0 Å². The largest absolute Gasteiger partial charge is 0.393 e. The van der Waals surface area contributed by atoms with E-state index in [0.29, 0.717) is 51.7 Å². The second-order valence-electron chi connectivity index (χ2n) is 16.2. The molecule has 0 heterocycles. The fourth-order valence-corrected chi connectivity index (χ4v) is 11.2. The number of rotatable bonds is 14. The number of hydrogen-bond donors (Lipinski definition) is 4. The molecule has 1 amide bonds. The second-order valence-corrected chi connectivity index (χ2v) is 16.2. The molecule has 0 aromatic carbocycles. The summed E-state index contributed by atoms with van der Waals surface area (Å²) in [5, 5.41) is 17.6. The molecular weight excluding hydrogens is 506 g/mol. The van der Waals surface area contributed by atoms with Crippen LogP contribution in [0.3, 0.4) is 0 Å². The molecule has 0 spiro atoms. The maximum atomic E-state index is 13.9. The third-order valence-electron chi connectivity index (χ3n) is 13.8. The minimum absolute atomic E-state index is 0.113. The average molecular weight is 574 g/mol. The van der Waals surface area contributed by atoms with Gasteiger partial charge in [0.25, 0.3) is 0 Å². The van der Waals surface area contributed by atoms with E-state index >= 15 is 0 Å². The Balaban J connectivity index is 1.44. The van der Waals surface area contributed by atoms with Gasteiger partial charge in [-0.3, -0.25) is 4.79 Å². The number of fused-ring (bicyclic) bond motifs is 5. The van der Waals surface area contributed by atoms with Crippen molar-refractivity contribution in [2.24, 2.45) is 63.4 Å². The number of carbonyl (C=O) groups is 1. The van der Waals surface area contributed by atoms with Crippen molar-refractivity contribution in [2.75, 3.05) is 26.2 Å². The number of hydrogen-bond acceptors (Lipinski definition) is 4. The summed E-state index contributed by atoms with van der Waals surface area (Å²) in [6, 6.07) is 0. The first-order valence-corrected chi connectivity index (χ1v) is 17.9. The summed E-state index contributed by atoms with van der Waals surface area (Å²) in [4.78, 5) is 13.9. The Kier molecular flexibility index (Phi) is 11.3. The standard InChI is InChI=1S/C36H67N3O2/c1-25(2)11-9-12-28(33(41)39-24-8-7-22-38-23-10-21-37)27-15-19-35(5)30(27)13-14-32-34(4)18-17-31(40)26(3)29(34)16-20-36(32,35)6/h25-32,38,40H,7-24,37H2,1-6H3,(H,39,41)/t26-,27+,28?,29?,30?,31+,32?,34-,35-,36-/m0/s1. The first-order chi connectivity index (χ1) is 19.5. The van der Waals surface area contributed by atoms with Crippen LogP contribution < -0.4 is 16.4 Å². The Morgan fingerprint density at radius 1 is 0.854 bits per heavy atom. The summed E-state index contributed by atoms with van der Waals surface area (Å²) in [5.41, 5.74) is 6.60. The molecule has 4 fully saturated rings. The van der Waals surface area contributed by atoms with Crippen LogP contribution >= 0.6 is 0 Å². The number of amides is 1. The summed E-state index contributed by atoms with van der Waals surface area (Å²) >= 11 is 0. The van der Waals surface area contributed by atoms with Gasteiger partial charge in [-0.15, -0.1) is 0 Å². The van der Waals surface area contributed by atoms with Crippen molar-refractivity contribution in [1.29, 1.82) is 0 Å². The number of aliphatic hydroxyl groups is 1. The van der Waals surface area contributed by atoms with Crippen molar-refractivity contribution in [1.82, 2.24) is 10.6 Å². The SMILES string of the molecule is CC(C)CCCC(C(=O)NCCCCNCCCN)[C@H]1CC[C@@]2(C)C1CCC1[C@@]3(C)CC[C@@H](O)[C@@H](C)C3CC[C@@]12C. The van der Waals surface area contributed by atoms with Gasteiger partial charge in [-0.25, -0.2) is 0 Å². The van der Waals surface area contributed by atoms with E-state index in [2.05, 4.69) is 52.2 Å². The smallest absolute Gasteiger partial charge is 0.223 e. The van der Waals surface area contributed by atoms with Crippen LogP contribution in [0.25, 0.3) is 0 Å². The molecule has 0 aliphatic heterocycles. The molecule has 4 rings (SSSR count). The first-order valence-electron chi connectivity index (χ1n) is 17.9. The van der Waals surface area contributed by atoms with E-state index in [1.807, 2.05) is 0 Å². The molecule has 0 saturated heterocycles. The summed E-state index contributed by atoms with van der Waals surface area (Å²) in [6.45, 7) is 18.4. The van der Waals surface area contributed by atoms with Crippen LogP contribution in [0.15, 0.2) is 0 Å². The summed E-state index contributed by atoms with van der Waals surface area (Å²) in [6.07, 6.45) is 16.4. The number of unbranched alkanes of at least 4 members (excludes halogenated alkanes) is 1. The molecule has 0 aromatic heterocycles. The van der Waals surface area contributed by atoms with Crippen LogP contribution in [-0.2, 0) is 4.79 Å². The Bertz CT molecular complexity index is 849. The van der Waals surface area contributed by atoms with E-state index in [1.165, 1.54) is 57.8 Å². The van der Waals surface area contributed by atoms with Gasteiger partial charge in [0.05, 0.1) is 6.10 Å². The lowest BCUT2D eigenvalue weighted by molar-refractivity contribution is -0.203. The third-order valence-corrected chi connectivity index (χ3v) is 13.8. The van der Waals surface area contributed by atoms with Crippen LogP contribution in [0.1, 0.15) is 131 Å². The maximum absolute atomic E-state index is 13.9. The summed E-state index contributed by atoms with van der Waals surface area (Å²) in [5.74, 6) is 4.23. The van der Waals surface area contributed by atoms with E-state index in [1.54, 1.807) is 0 Å². The molecule has 5 heteroatoms. The number of nitrogens with two attached hydrogens (primary N) is 1. The topological polar surface area (TPSA) is 87.4 Å². The zero-order chi connectivity index (χ0) is 29.8. The lowest BCUT2D eigenvalue weighted by Crippen LogP contribution is -2.62. The van der Waals surface area contributed by atoms with Crippen molar-refractivity contribution in [3.05, 3.63) is 0 Å². The molecule has 0 bridgehead atoms. The monoisotopic (exact) mass is 574 g/mol. The molecule has 4 unspecified atom stereocenters. The third kappa shape index (κ3) is 6.58. The Morgan fingerprint density at radius 2 is 1.56 bits per heavy atom. The van der Waals surface area contributed by atoms with Crippen molar-refractivity contribution < 1.29 is 9.90 Å². The average Bonchev–Trinajstić information content (AvgIpc) is 3.28. The molecule has 41 heavy (non-hydrogen) atoms. The van der Waals surface area contributed by atoms with E-state index in [0.717, 1.165) is 64.2 Å². The quantitative estimate of drug-likeness (QED) is 0.170. The number of nitrogens with one attached hydrogen (secondary N) is 2. The summed E-state index contributed by atoms with van der Waals surface area (Å²) in [7, 11) is 0. The van der Waals surface area contributed by atoms with Gasteiger partial charge in [0.15, 0.2) is 0 Å². The van der Waals surface area contributed by atoms with Crippen LogP contribution in [0.5, 0.6) is 0 Å². The molecule has 4 aliphatic rings. The normalized spacial score (nSPS) is 41.0. The molecular formula is C36H67N3O2. The van der Waals surface area contributed by atoms with Gasteiger partial charge < -0.3 is 21.5 Å². The number of aliphatic hydroxyl groups excluding tert-OH is 1. The highest BCUT2D eigenvalue weighted by Crippen LogP contribution is 2.74. The molecule has 5 nitrogen and oxygen atoms in total. The van der Waals surface area contributed by atoms with E-state index in [4.69, 9.17) is 5.73 Å². The minimum atomic E-state index is -0.113. The molecule has 5 N–H and O–H groups in total. The Labute approximate surface area is 253 Å². The predicted octanol–water partition coefficient (Wildman–Crippen LogP) is 6.92. The van der Waals surface area contributed by atoms with Crippen LogP contribution in [0.2, 0.25) is 0 Å². The molecule has 0 radical (unpaired) electrons. The lowest BCUT2D eigenvalue weighted by atomic mass is 9.37. The highest BCUT2D eigenvalue weighted by molar-refractivity contribution is 5.79. The van der Waals surface area contributed by atoms with Crippen LogP contribution in [0.4, 0.5) is 0 Å². The Morgan fingerprint density at radius 3 is 2.29 bits per heavy atom. The van der Waals surface area contributed by atoms with Gasteiger partial charge in [-0.1, -0.05) is 54.4 Å². The molecule has 10 atom stereocenters. The highest BCUT2D eigenvalue weighted by Gasteiger charge is 2.67. The second kappa shape index (κ2) is 14.0. The molecule has 4 aliphatic carbocycles. The molecule has 4 saturated carbocycles. The summed E-state index contributed by atoms with van der Waals surface area (Å²) < 4.78 is 0. The zero-order valence-electron chi connectivity index (χ0n) is 27.8. The Hall–Kier alpha value is -0.650. The van der Waals surface area contributed by atoms with Gasteiger partial charge in [-0.05, 0) is 148 Å². The van der Waals surface area contributed by atoms with Gasteiger partial charge in [0.2, 0.25) is 5.91 Å². The van der Waals surface area contributed by atoms with Crippen molar-refractivity contribution in [3.63, 3.8) is 0 Å². The zero-order valence-corrected chi connectivity index (χ0v) is 27.8. The fourth-order valence-electron chi connectivity index (χ4n) is 11.2. The lowest BCUT2D eigenvalue weighted by Gasteiger charge is -2.68. The predicted molar refractivity (Wildman–Crippen MR) is 171 cm³/mol.